The summed E-state index contributed by atoms with van der Waals surface area (Å²) in [6, 6.07) is 0.408. The van der Waals surface area contributed by atoms with E-state index in [2.05, 4.69) is 49.0 Å². The quantitative estimate of drug-likeness (QED) is 0.757. The van der Waals surface area contributed by atoms with Crippen LogP contribution in [0.25, 0.3) is 11.2 Å². The first kappa shape index (κ1) is 15.5. The van der Waals surface area contributed by atoms with Gasteiger partial charge in [0.2, 0.25) is 0 Å². The van der Waals surface area contributed by atoms with Gasteiger partial charge in [-0.25, -0.2) is 19.9 Å². The van der Waals surface area contributed by atoms with Crippen LogP contribution in [0.1, 0.15) is 23.2 Å². The van der Waals surface area contributed by atoms with Crippen LogP contribution in [-0.4, -0.2) is 49.0 Å². The molecule has 24 heavy (non-hydrogen) atoms. The molecule has 0 aromatic carbocycles. The average Bonchev–Trinajstić information content (AvgIpc) is 3.19. The molecule has 1 saturated heterocycles. The molecule has 2 atom stereocenters. The Morgan fingerprint density at radius 2 is 2.25 bits per heavy atom. The molecule has 1 aliphatic heterocycles. The number of likely N-dealkylation sites (tertiary alicyclic amines) is 1. The van der Waals surface area contributed by atoms with Crippen LogP contribution < -0.4 is 5.32 Å². The van der Waals surface area contributed by atoms with Crippen LogP contribution in [0.3, 0.4) is 0 Å². The van der Waals surface area contributed by atoms with Crippen molar-refractivity contribution in [1.29, 1.82) is 0 Å². The third-order valence-electron chi connectivity index (χ3n) is 4.58. The highest BCUT2D eigenvalue weighted by Crippen LogP contribution is 2.25. The zero-order valence-electron chi connectivity index (χ0n) is 13.9. The van der Waals surface area contributed by atoms with Gasteiger partial charge >= 0.3 is 0 Å². The first-order valence-corrected chi connectivity index (χ1v) is 9.05. The number of imidazole rings is 1. The zero-order valence-corrected chi connectivity index (χ0v) is 14.7. The molecule has 7 nitrogen and oxygen atoms in total. The number of anilines is 1. The number of piperidine rings is 1. The lowest BCUT2D eigenvalue weighted by atomic mass is 9.93. The SMILES string of the molecule is Cc1ncc(CN2CC[C@@H](Nc3ncnc4nc[nH]c34)[C@@H](C)C2)s1. The molecular weight excluding hydrogens is 322 g/mol. The second-order valence-corrected chi connectivity index (χ2v) is 7.74. The molecule has 1 aliphatic rings. The van der Waals surface area contributed by atoms with Crippen molar-refractivity contribution in [1.82, 2.24) is 29.8 Å². The molecule has 0 bridgehead atoms. The van der Waals surface area contributed by atoms with Crippen molar-refractivity contribution in [2.75, 3.05) is 18.4 Å². The van der Waals surface area contributed by atoms with Crippen LogP contribution in [0.5, 0.6) is 0 Å². The summed E-state index contributed by atoms with van der Waals surface area (Å²) in [6.07, 6.45) is 6.33. The van der Waals surface area contributed by atoms with Crippen LogP contribution in [-0.2, 0) is 6.54 Å². The van der Waals surface area contributed by atoms with E-state index in [1.165, 1.54) is 4.88 Å². The lowest BCUT2D eigenvalue weighted by Gasteiger charge is -2.37. The maximum atomic E-state index is 4.38. The second-order valence-electron chi connectivity index (χ2n) is 6.42. The molecule has 126 valence electrons. The van der Waals surface area contributed by atoms with Crippen molar-refractivity contribution >= 4 is 28.3 Å². The molecule has 3 aromatic rings. The van der Waals surface area contributed by atoms with Gasteiger partial charge in [0.15, 0.2) is 11.5 Å². The number of thiazole rings is 1. The minimum atomic E-state index is 0.408. The topological polar surface area (TPSA) is 82.6 Å². The Hall–Kier alpha value is -2.06. The maximum Gasteiger partial charge on any atom is 0.182 e. The number of nitrogens with zero attached hydrogens (tertiary/aromatic N) is 5. The number of aromatic amines is 1. The van der Waals surface area contributed by atoms with Crippen molar-refractivity contribution in [2.24, 2.45) is 5.92 Å². The largest absolute Gasteiger partial charge is 0.365 e. The van der Waals surface area contributed by atoms with Crippen LogP contribution in [0.4, 0.5) is 5.82 Å². The molecule has 0 saturated carbocycles. The van der Waals surface area contributed by atoms with Crippen LogP contribution >= 0.6 is 11.3 Å². The van der Waals surface area contributed by atoms with Crippen molar-refractivity contribution < 1.29 is 0 Å². The third kappa shape index (κ3) is 3.11. The van der Waals surface area contributed by atoms with Crippen LogP contribution in [0, 0.1) is 12.8 Å². The first-order valence-electron chi connectivity index (χ1n) is 8.23. The van der Waals surface area contributed by atoms with Crippen molar-refractivity contribution in [3.05, 3.63) is 28.7 Å². The standard InChI is InChI=1S/C16H21N7S/c1-10-6-23(7-12-5-17-11(2)24-12)4-3-13(10)22-16-14-15(19-8-18-14)20-9-21-16/h5,8-10,13H,3-4,6-7H2,1-2H3,(H2,18,19,20,21,22)/t10-,13+/m0/s1. The van der Waals surface area contributed by atoms with Gasteiger partial charge in [-0.3, -0.25) is 4.90 Å². The second kappa shape index (κ2) is 6.45. The number of rotatable bonds is 4. The minimum absolute atomic E-state index is 0.408. The van der Waals surface area contributed by atoms with E-state index in [0.29, 0.717) is 17.6 Å². The molecule has 0 aliphatic carbocycles. The van der Waals surface area contributed by atoms with E-state index >= 15 is 0 Å². The molecular formula is C16H21N7S. The van der Waals surface area contributed by atoms with Gasteiger partial charge < -0.3 is 10.3 Å². The van der Waals surface area contributed by atoms with Gasteiger partial charge in [0.05, 0.1) is 11.3 Å². The predicted octanol–water partition coefficient (Wildman–Crippen LogP) is 2.44. The highest BCUT2D eigenvalue weighted by molar-refractivity contribution is 7.11. The summed E-state index contributed by atoms with van der Waals surface area (Å²) in [5.74, 6) is 1.39. The Labute approximate surface area is 144 Å². The highest BCUT2D eigenvalue weighted by Gasteiger charge is 2.27. The number of hydrogen-bond acceptors (Lipinski definition) is 7. The van der Waals surface area contributed by atoms with Crippen molar-refractivity contribution in [3.63, 3.8) is 0 Å². The Morgan fingerprint density at radius 1 is 1.33 bits per heavy atom. The first-order chi connectivity index (χ1) is 11.7. The summed E-state index contributed by atoms with van der Waals surface area (Å²) in [7, 11) is 0. The van der Waals surface area contributed by atoms with E-state index in [1.807, 2.05) is 6.20 Å². The summed E-state index contributed by atoms with van der Waals surface area (Å²) >= 11 is 1.79. The van der Waals surface area contributed by atoms with E-state index in [-0.39, 0.29) is 0 Å². The minimum Gasteiger partial charge on any atom is -0.365 e. The smallest absolute Gasteiger partial charge is 0.182 e. The number of fused-ring (bicyclic) bond motifs is 1. The Bertz CT molecular complexity index is 827. The molecule has 0 unspecified atom stereocenters. The summed E-state index contributed by atoms with van der Waals surface area (Å²) < 4.78 is 0. The molecule has 0 spiro atoms. The predicted molar refractivity (Wildman–Crippen MR) is 95.0 cm³/mol. The van der Waals surface area contributed by atoms with E-state index < -0.39 is 0 Å². The molecule has 0 radical (unpaired) electrons. The molecule has 1 fully saturated rings. The van der Waals surface area contributed by atoms with E-state index in [9.17, 15) is 0 Å². The highest BCUT2D eigenvalue weighted by atomic mass is 32.1. The maximum absolute atomic E-state index is 4.38. The van der Waals surface area contributed by atoms with Gasteiger partial charge in [-0.2, -0.15) is 0 Å². The molecule has 4 heterocycles. The Morgan fingerprint density at radius 3 is 3.04 bits per heavy atom. The van der Waals surface area contributed by atoms with E-state index in [4.69, 9.17) is 0 Å². The fraction of sp³-hybridized carbons (Fsp3) is 0.500. The number of aromatic nitrogens is 5. The van der Waals surface area contributed by atoms with Gasteiger partial charge in [0, 0.05) is 36.8 Å². The summed E-state index contributed by atoms with van der Waals surface area (Å²) in [5, 5.41) is 4.73. The summed E-state index contributed by atoms with van der Waals surface area (Å²) in [6.45, 7) is 7.51. The lowest BCUT2D eigenvalue weighted by molar-refractivity contribution is 0.166. The summed E-state index contributed by atoms with van der Waals surface area (Å²) in [4.78, 5) is 24.1. The summed E-state index contributed by atoms with van der Waals surface area (Å²) in [5.41, 5.74) is 1.59. The van der Waals surface area contributed by atoms with Gasteiger partial charge in [-0.05, 0) is 19.3 Å². The number of nitrogens with one attached hydrogen (secondary N) is 2. The van der Waals surface area contributed by atoms with E-state index in [1.54, 1.807) is 24.0 Å². The zero-order chi connectivity index (χ0) is 16.5. The van der Waals surface area contributed by atoms with Crippen LogP contribution in [0.15, 0.2) is 18.9 Å². The molecule has 4 rings (SSSR count). The monoisotopic (exact) mass is 343 g/mol. The third-order valence-corrected chi connectivity index (χ3v) is 5.48. The van der Waals surface area contributed by atoms with Gasteiger partial charge in [0.25, 0.3) is 0 Å². The number of H-pyrrole nitrogens is 1. The van der Waals surface area contributed by atoms with Crippen molar-refractivity contribution in [3.8, 4) is 0 Å². The Balaban J connectivity index is 1.41. The molecule has 0 amide bonds. The fourth-order valence-electron chi connectivity index (χ4n) is 3.34. The fourth-order valence-corrected chi connectivity index (χ4v) is 4.18. The van der Waals surface area contributed by atoms with Crippen LogP contribution in [0.2, 0.25) is 0 Å². The lowest BCUT2D eigenvalue weighted by Crippen LogP contribution is -2.44. The molecule has 2 N–H and O–H groups in total. The molecule has 3 aromatic heterocycles. The van der Waals surface area contributed by atoms with Gasteiger partial charge in [0.1, 0.15) is 11.8 Å². The average molecular weight is 343 g/mol. The van der Waals surface area contributed by atoms with Crippen molar-refractivity contribution in [2.45, 2.75) is 32.9 Å². The normalized spacial score (nSPS) is 22.1. The van der Waals surface area contributed by atoms with Gasteiger partial charge in [-0.15, -0.1) is 11.3 Å². The Kier molecular flexibility index (Phi) is 4.15. The van der Waals surface area contributed by atoms with Gasteiger partial charge in [-0.1, -0.05) is 6.92 Å². The molecule has 8 heteroatoms. The number of hydrogen-bond donors (Lipinski definition) is 2. The number of aryl methyl sites for hydroxylation is 1. The van der Waals surface area contributed by atoms with E-state index in [0.717, 1.165) is 42.4 Å².